The van der Waals surface area contributed by atoms with Gasteiger partial charge in [0.05, 0.1) is 16.1 Å². The van der Waals surface area contributed by atoms with E-state index in [1.807, 2.05) is 34.5 Å². The first-order valence-electron chi connectivity index (χ1n) is 11.2. The molecule has 1 saturated carbocycles. The van der Waals surface area contributed by atoms with Gasteiger partial charge >= 0.3 is 0 Å². The summed E-state index contributed by atoms with van der Waals surface area (Å²) < 4.78 is 0. The topological polar surface area (TPSA) is 78.5 Å². The Kier molecular flexibility index (Phi) is 7.02. The van der Waals surface area contributed by atoms with Crippen molar-refractivity contribution in [1.29, 1.82) is 0 Å². The maximum Gasteiger partial charge on any atom is 0.263 e. The molecule has 4 rings (SSSR count). The molecule has 2 fully saturated rings. The van der Waals surface area contributed by atoms with Crippen LogP contribution >= 0.6 is 11.3 Å². The highest BCUT2D eigenvalue weighted by molar-refractivity contribution is 7.12. The van der Waals surface area contributed by atoms with Crippen LogP contribution in [0.2, 0.25) is 0 Å². The van der Waals surface area contributed by atoms with Crippen LogP contribution in [-0.2, 0) is 4.79 Å². The van der Waals surface area contributed by atoms with Gasteiger partial charge in [0.15, 0.2) is 0 Å². The zero-order valence-corrected chi connectivity index (χ0v) is 18.5. The van der Waals surface area contributed by atoms with E-state index in [-0.39, 0.29) is 29.7 Å². The van der Waals surface area contributed by atoms with Gasteiger partial charge in [0.2, 0.25) is 5.91 Å². The van der Waals surface area contributed by atoms with Gasteiger partial charge in [0.1, 0.15) is 0 Å². The van der Waals surface area contributed by atoms with Crippen molar-refractivity contribution in [3.05, 3.63) is 52.2 Å². The van der Waals surface area contributed by atoms with Crippen LogP contribution in [0.3, 0.4) is 0 Å². The fourth-order valence-corrected chi connectivity index (χ4v) is 5.13. The number of amides is 3. The van der Waals surface area contributed by atoms with Crippen LogP contribution in [0, 0.1) is 5.92 Å². The first-order chi connectivity index (χ1) is 15.1. The molecule has 31 heavy (non-hydrogen) atoms. The summed E-state index contributed by atoms with van der Waals surface area (Å²) in [6, 6.07) is 11.1. The molecule has 2 heterocycles. The maximum absolute atomic E-state index is 12.9. The number of carbonyl (C=O) groups is 3. The molecule has 1 aliphatic carbocycles. The number of likely N-dealkylation sites (tertiary alicyclic amines) is 1. The summed E-state index contributed by atoms with van der Waals surface area (Å²) in [5, 5.41) is 7.99. The SMILES string of the molecule is O=C(NC1CCCCC1)c1ccccc1NC(=O)C1CCN(C(=O)c2cccs2)CC1. The smallest absolute Gasteiger partial charge is 0.263 e. The second-order valence-electron chi connectivity index (χ2n) is 8.39. The van der Waals surface area contributed by atoms with E-state index in [0.29, 0.717) is 37.2 Å². The zero-order valence-electron chi connectivity index (χ0n) is 17.6. The predicted molar refractivity (Wildman–Crippen MR) is 122 cm³/mol. The lowest BCUT2D eigenvalue weighted by Gasteiger charge is -2.31. The molecule has 0 radical (unpaired) electrons. The van der Waals surface area contributed by atoms with Gasteiger partial charge in [-0.25, -0.2) is 0 Å². The standard InChI is InChI=1S/C24H29N3O3S/c28-22(17-12-14-27(15-13-17)24(30)21-11-6-16-31-21)26-20-10-5-4-9-19(20)23(29)25-18-7-2-1-3-8-18/h4-6,9-11,16-18H,1-3,7-8,12-15H2,(H,25,29)(H,26,28). The van der Waals surface area contributed by atoms with Gasteiger partial charge < -0.3 is 15.5 Å². The fourth-order valence-electron chi connectivity index (χ4n) is 4.44. The summed E-state index contributed by atoms with van der Waals surface area (Å²) in [5.74, 6) is -0.333. The average molecular weight is 440 g/mol. The number of nitrogens with one attached hydrogen (secondary N) is 2. The maximum atomic E-state index is 12.9. The molecular weight excluding hydrogens is 410 g/mol. The molecule has 0 spiro atoms. The molecule has 0 bridgehead atoms. The lowest BCUT2D eigenvalue weighted by atomic mass is 9.95. The number of nitrogens with zero attached hydrogens (tertiary/aromatic N) is 1. The molecule has 3 amide bonds. The Morgan fingerprint density at radius 2 is 1.65 bits per heavy atom. The molecule has 0 atom stereocenters. The molecule has 2 N–H and O–H groups in total. The van der Waals surface area contributed by atoms with Gasteiger partial charge in [0.25, 0.3) is 11.8 Å². The Hall–Kier alpha value is -2.67. The van der Waals surface area contributed by atoms with Crippen LogP contribution in [0.1, 0.15) is 65.0 Å². The summed E-state index contributed by atoms with van der Waals surface area (Å²) in [5.41, 5.74) is 1.06. The highest BCUT2D eigenvalue weighted by Gasteiger charge is 2.29. The van der Waals surface area contributed by atoms with Crippen LogP contribution in [0.5, 0.6) is 0 Å². The minimum absolute atomic E-state index is 0.0404. The Labute approximate surface area is 187 Å². The number of piperidine rings is 1. The van der Waals surface area contributed by atoms with E-state index in [4.69, 9.17) is 0 Å². The number of thiophene rings is 1. The Morgan fingerprint density at radius 3 is 2.35 bits per heavy atom. The quantitative estimate of drug-likeness (QED) is 0.729. The Morgan fingerprint density at radius 1 is 0.903 bits per heavy atom. The minimum Gasteiger partial charge on any atom is -0.349 e. The highest BCUT2D eigenvalue weighted by atomic mass is 32.1. The molecule has 7 heteroatoms. The van der Waals surface area contributed by atoms with Crippen molar-refractivity contribution in [1.82, 2.24) is 10.2 Å². The molecule has 1 saturated heterocycles. The normalized spacial score (nSPS) is 17.9. The molecule has 1 aromatic carbocycles. The van der Waals surface area contributed by atoms with E-state index in [1.165, 1.54) is 17.8 Å². The molecular formula is C24H29N3O3S. The van der Waals surface area contributed by atoms with Crippen molar-refractivity contribution < 1.29 is 14.4 Å². The fraction of sp³-hybridized carbons (Fsp3) is 0.458. The number of hydrogen-bond donors (Lipinski definition) is 2. The third-order valence-electron chi connectivity index (χ3n) is 6.25. The molecule has 0 unspecified atom stereocenters. The van der Waals surface area contributed by atoms with E-state index < -0.39 is 0 Å². The highest BCUT2D eigenvalue weighted by Crippen LogP contribution is 2.24. The number of benzene rings is 1. The van der Waals surface area contributed by atoms with Crippen LogP contribution in [0.25, 0.3) is 0 Å². The Balaban J connectivity index is 1.34. The van der Waals surface area contributed by atoms with Crippen molar-refractivity contribution >= 4 is 34.7 Å². The van der Waals surface area contributed by atoms with Crippen LogP contribution in [0.4, 0.5) is 5.69 Å². The number of rotatable bonds is 5. The van der Waals surface area contributed by atoms with Crippen molar-refractivity contribution in [2.75, 3.05) is 18.4 Å². The lowest BCUT2D eigenvalue weighted by Crippen LogP contribution is -2.41. The van der Waals surface area contributed by atoms with Crippen molar-refractivity contribution in [2.45, 2.75) is 51.0 Å². The summed E-state index contributed by atoms with van der Waals surface area (Å²) in [4.78, 5) is 40.8. The minimum atomic E-state index is -0.165. The summed E-state index contributed by atoms with van der Waals surface area (Å²) >= 11 is 1.44. The number of carbonyl (C=O) groups excluding carboxylic acids is 3. The van der Waals surface area contributed by atoms with Gasteiger partial charge in [-0.05, 0) is 49.3 Å². The predicted octanol–water partition coefficient (Wildman–Crippen LogP) is 4.30. The average Bonchev–Trinajstić information content (AvgIpc) is 3.35. The number of anilines is 1. The number of hydrogen-bond acceptors (Lipinski definition) is 4. The molecule has 2 aliphatic rings. The van der Waals surface area contributed by atoms with E-state index in [1.54, 1.807) is 12.1 Å². The van der Waals surface area contributed by atoms with Crippen LogP contribution < -0.4 is 10.6 Å². The van der Waals surface area contributed by atoms with E-state index >= 15 is 0 Å². The molecule has 164 valence electrons. The third kappa shape index (κ3) is 5.34. The van der Waals surface area contributed by atoms with E-state index in [0.717, 1.165) is 30.6 Å². The van der Waals surface area contributed by atoms with E-state index in [9.17, 15) is 14.4 Å². The largest absolute Gasteiger partial charge is 0.349 e. The van der Waals surface area contributed by atoms with Gasteiger partial charge in [-0.2, -0.15) is 0 Å². The third-order valence-corrected chi connectivity index (χ3v) is 7.11. The van der Waals surface area contributed by atoms with Gasteiger partial charge in [-0.15, -0.1) is 11.3 Å². The summed E-state index contributed by atoms with van der Waals surface area (Å²) in [6.45, 7) is 1.14. The van der Waals surface area contributed by atoms with Crippen LogP contribution in [0.15, 0.2) is 41.8 Å². The van der Waals surface area contributed by atoms with E-state index in [2.05, 4.69) is 10.6 Å². The zero-order chi connectivity index (χ0) is 21.6. The molecule has 1 aliphatic heterocycles. The second-order valence-corrected chi connectivity index (χ2v) is 9.33. The summed E-state index contributed by atoms with van der Waals surface area (Å²) in [6.07, 6.45) is 6.82. The van der Waals surface area contributed by atoms with Crippen molar-refractivity contribution in [3.8, 4) is 0 Å². The molecule has 6 nitrogen and oxygen atoms in total. The van der Waals surface area contributed by atoms with Crippen LogP contribution in [-0.4, -0.2) is 41.8 Å². The molecule has 1 aromatic heterocycles. The first kappa shape index (κ1) is 21.6. The van der Waals surface area contributed by atoms with Gasteiger partial charge in [-0.3, -0.25) is 14.4 Å². The molecule has 2 aromatic rings. The Bertz CT molecular complexity index is 914. The van der Waals surface area contributed by atoms with Crippen molar-refractivity contribution in [3.63, 3.8) is 0 Å². The number of para-hydroxylation sites is 1. The monoisotopic (exact) mass is 439 g/mol. The van der Waals surface area contributed by atoms with Crippen molar-refractivity contribution in [2.24, 2.45) is 5.92 Å². The first-order valence-corrected chi connectivity index (χ1v) is 12.0. The lowest BCUT2D eigenvalue weighted by molar-refractivity contribution is -0.121. The van der Waals surface area contributed by atoms with Gasteiger partial charge in [-0.1, -0.05) is 37.5 Å². The summed E-state index contributed by atoms with van der Waals surface area (Å²) in [7, 11) is 0. The second kappa shape index (κ2) is 10.1. The van der Waals surface area contributed by atoms with Gasteiger partial charge in [0, 0.05) is 25.0 Å².